The predicted octanol–water partition coefficient (Wildman–Crippen LogP) is 6.76. The zero-order valence-corrected chi connectivity index (χ0v) is 20.2. The molecule has 5 nitrogen and oxygen atoms in total. The lowest BCUT2D eigenvalue weighted by Gasteiger charge is -2.24. The molecule has 0 aliphatic carbocycles. The van der Waals surface area contributed by atoms with Gasteiger partial charge in [-0.1, -0.05) is 36.4 Å². The van der Waals surface area contributed by atoms with Gasteiger partial charge in [0.05, 0.1) is 11.3 Å². The van der Waals surface area contributed by atoms with Crippen molar-refractivity contribution in [3.8, 4) is 11.1 Å². The number of hydrogen-bond acceptors (Lipinski definition) is 4. The van der Waals surface area contributed by atoms with Crippen LogP contribution in [0.3, 0.4) is 0 Å². The van der Waals surface area contributed by atoms with Crippen molar-refractivity contribution in [3.05, 3.63) is 65.7 Å². The maximum Gasteiger partial charge on any atom is 0.414 e. The Balaban J connectivity index is 1.71. The lowest BCUT2D eigenvalue weighted by atomic mass is 9.93. The molecule has 3 aromatic carbocycles. The molecule has 0 N–H and O–H groups in total. The Morgan fingerprint density at radius 2 is 1.48 bits per heavy atom. The number of benzene rings is 3. The number of rotatable bonds is 2. The average Bonchev–Trinajstić information content (AvgIpc) is 3.14. The number of anilines is 1. The summed E-state index contributed by atoms with van der Waals surface area (Å²) in [7, 11) is 0. The zero-order chi connectivity index (χ0) is 24.0. The number of ether oxygens (including phenoxy) is 2. The summed E-state index contributed by atoms with van der Waals surface area (Å²) in [6.45, 7) is 11.8. The van der Waals surface area contributed by atoms with E-state index in [2.05, 4.69) is 6.07 Å². The van der Waals surface area contributed by atoms with E-state index in [9.17, 15) is 9.59 Å². The minimum atomic E-state index is -0.559. The molecule has 3 aromatic rings. The van der Waals surface area contributed by atoms with Gasteiger partial charge in [-0.15, -0.1) is 0 Å². The Hall–Kier alpha value is -3.34. The van der Waals surface area contributed by atoms with Gasteiger partial charge in [0.1, 0.15) is 11.2 Å². The monoisotopic (exact) mass is 445 g/mol. The Morgan fingerprint density at radius 3 is 2.15 bits per heavy atom. The summed E-state index contributed by atoms with van der Waals surface area (Å²) in [4.78, 5) is 27.1. The van der Waals surface area contributed by atoms with Gasteiger partial charge in [0.2, 0.25) is 0 Å². The molecule has 5 heteroatoms. The lowest BCUT2D eigenvalue weighted by Crippen LogP contribution is -2.35. The highest BCUT2D eigenvalue weighted by atomic mass is 16.6. The number of carbonyl (C=O) groups excluding carboxylic acids is 2. The largest absolute Gasteiger partial charge is 0.456 e. The first-order valence-corrected chi connectivity index (χ1v) is 11.3. The maximum atomic E-state index is 12.8. The van der Waals surface area contributed by atoms with E-state index < -0.39 is 11.2 Å². The highest BCUT2D eigenvalue weighted by Crippen LogP contribution is 2.37. The molecular formula is C28H31NO4. The molecule has 0 radical (unpaired) electrons. The van der Waals surface area contributed by atoms with Gasteiger partial charge in [-0.2, -0.15) is 0 Å². The molecule has 172 valence electrons. The van der Waals surface area contributed by atoms with Crippen LogP contribution in [0.5, 0.6) is 0 Å². The van der Waals surface area contributed by atoms with Crippen LogP contribution in [0.15, 0.2) is 54.6 Å². The van der Waals surface area contributed by atoms with Gasteiger partial charge in [0.15, 0.2) is 0 Å². The van der Waals surface area contributed by atoms with E-state index in [1.54, 1.807) is 4.90 Å². The second-order valence-corrected chi connectivity index (χ2v) is 10.4. The summed E-state index contributed by atoms with van der Waals surface area (Å²) in [5.41, 5.74) is 3.55. The fourth-order valence-electron chi connectivity index (χ4n) is 4.14. The van der Waals surface area contributed by atoms with E-state index in [1.165, 1.54) is 0 Å². The zero-order valence-electron chi connectivity index (χ0n) is 20.2. The topological polar surface area (TPSA) is 55.8 Å². The molecule has 0 spiro atoms. The third-order valence-corrected chi connectivity index (χ3v) is 5.44. The highest BCUT2D eigenvalue weighted by Gasteiger charge is 2.29. The van der Waals surface area contributed by atoms with E-state index in [-0.39, 0.29) is 12.1 Å². The van der Waals surface area contributed by atoms with Crippen molar-refractivity contribution < 1.29 is 19.1 Å². The summed E-state index contributed by atoms with van der Waals surface area (Å²) >= 11 is 0. The fourth-order valence-corrected chi connectivity index (χ4v) is 4.14. The number of nitrogens with zero attached hydrogens (tertiary/aromatic N) is 1. The summed E-state index contributed by atoms with van der Waals surface area (Å²) in [5, 5.41) is 1.85. The van der Waals surface area contributed by atoms with E-state index in [0.717, 1.165) is 39.6 Å². The first kappa shape index (κ1) is 22.8. The van der Waals surface area contributed by atoms with E-state index in [0.29, 0.717) is 12.1 Å². The molecule has 0 saturated carbocycles. The number of hydrogen-bond donors (Lipinski definition) is 0. The van der Waals surface area contributed by atoms with Gasteiger partial charge in [-0.25, -0.2) is 9.59 Å². The number of amides is 1. The van der Waals surface area contributed by atoms with Crippen LogP contribution >= 0.6 is 0 Å². The summed E-state index contributed by atoms with van der Waals surface area (Å²) < 4.78 is 11.2. The van der Waals surface area contributed by atoms with Crippen LogP contribution in [0, 0.1) is 0 Å². The second kappa shape index (κ2) is 8.22. The molecule has 0 fully saturated rings. The van der Waals surface area contributed by atoms with Crippen molar-refractivity contribution in [3.63, 3.8) is 0 Å². The standard InChI is InChI=1S/C28H31NO4/c1-27(2,3)32-25(30)23-13-12-20(21-9-7-8-10-22(21)23)18-11-14-24-19(17-18)15-16-29(24)26(31)33-28(4,5)6/h7-14,17H,15-16H2,1-6H3. The van der Waals surface area contributed by atoms with Gasteiger partial charge in [0.25, 0.3) is 0 Å². The quantitative estimate of drug-likeness (QED) is 0.409. The van der Waals surface area contributed by atoms with E-state index >= 15 is 0 Å². The van der Waals surface area contributed by atoms with Crippen molar-refractivity contribution in [1.82, 2.24) is 0 Å². The highest BCUT2D eigenvalue weighted by molar-refractivity contribution is 6.09. The SMILES string of the molecule is CC(C)(C)OC(=O)c1ccc(-c2ccc3c(c2)CCN3C(=O)OC(C)(C)C)c2ccccc12. The predicted molar refractivity (Wildman–Crippen MR) is 132 cm³/mol. The smallest absolute Gasteiger partial charge is 0.414 e. The van der Waals surface area contributed by atoms with Crippen molar-refractivity contribution in [2.45, 2.75) is 59.2 Å². The van der Waals surface area contributed by atoms with Crippen LogP contribution in [0.2, 0.25) is 0 Å². The van der Waals surface area contributed by atoms with Gasteiger partial charge in [0, 0.05) is 6.54 Å². The fraction of sp³-hybridized carbons (Fsp3) is 0.357. The van der Waals surface area contributed by atoms with E-state index in [4.69, 9.17) is 9.47 Å². The summed E-state index contributed by atoms with van der Waals surface area (Å²) in [5.74, 6) is -0.327. The third-order valence-electron chi connectivity index (χ3n) is 5.44. The number of esters is 1. The van der Waals surface area contributed by atoms with Gasteiger partial charge >= 0.3 is 12.1 Å². The Labute approximate surface area is 195 Å². The van der Waals surface area contributed by atoms with Crippen LogP contribution in [-0.2, 0) is 15.9 Å². The van der Waals surface area contributed by atoms with Crippen LogP contribution in [0.4, 0.5) is 10.5 Å². The third kappa shape index (κ3) is 4.87. The van der Waals surface area contributed by atoms with Crippen molar-refractivity contribution in [1.29, 1.82) is 0 Å². The molecule has 0 bridgehead atoms. The first-order chi connectivity index (χ1) is 15.4. The van der Waals surface area contributed by atoms with Crippen LogP contribution in [-0.4, -0.2) is 29.8 Å². The summed E-state index contributed by atoms with van der Waals surface area (Å²) in [6, 6.07) is 17.8. The molecule has 0 atom stereocenters. The van der Waals surface area contributed by atoms with Crippen LogP contribution in [0.1, 0.15) is 57.5 Å². The average molecular weight is 446 g/mol. The van der Waals surface area contributed by atoms with Gasteiger partial charge in [-0.05, 0) is 93.6 Å². The number of carbonyl (C=O) groups is 2. The lowest BCUT2D eigenvalue weighted by molar-refractivity contribution is 0.00716. The molecule has 0 unspecified atom stereocenters. The van der Waals surface area contributed by atoms with Crippen LogP contribution < -0.4 is 4.90 Å². The Morgan fingerprint density at radius 1 is 0.818 bits per heavy atom. The Bertz CT molecular complexity index is 1230. The van der Waals surface area contributed by atoms with Crippen molar-refractivity contribution >= 4 is 28.5 Å². The molecule has 1 aliphatic rings. The van der Waals surface area contributed by atoms with Crippen molar-refractivity contribution in [2.75, 3.05) is 11.4 Å². The second-order valence-electron chi connectivity index (χ2n) is 10.4. The number of fused-ring (bicyclic) bond motifs is 2. The van der Waals surface area contributed by atoms with E-state index in [1.807, 2.05) is 90.1 Å². The van der Waals surface area contributed by atoms with Crippen molar-refractivity contribution in [2.24, 2.45) is 0 Å². The minimum Gasteiger partial charge on any atom is -0.456 e. The molecule has 0 aromatic heterocycles. The summed E-state index contributed by atoms with van der Waals surface area (Å²) in [6.07, 6.45) is 0.456. The molecule has 4 rings (SSSR count). The molecule has 1 aliphatic heterocycles. The Kier molecular flexibility index (Phi) is 5.69. The van der Waals surface area contributed by atoms with Gasteiger partial charge in [-0.3, -0.25) is 4.90 Å². The molecule has 0 saturated heterocycles. The normalized spacial score (nSPS) is 13.7. The van der Waals surface area contributed by atoms with Crippen LogP contribution in [0.25, 0.3) is 21.9 Å². The molecular weight excluding hydrogens is 414 g/mol. The molecule has 1 amide bonds. The minimum absolute atomic E-state index is 0.318. The first-order valence-electron chi connectivity index (χ1n) is 11.3. The molecule has 1 heterocycles. The maximum absolute atomic E-state index is 12.8. The molecule has 33 heavy (non-hydrogen) atoms. The van der Waals surface area contributed by atoms with Gasteiger partial charge < -0.3 is 9.47 Å².